The van der Waals surface area contributed by atoms with Crippen molar-refractivity contribution in [2.45, 2.75) is 69.4 Å². The van der Waals surface area contributed by atoms with E-state index in [0.717, 1.165) is 79.7 Å². The van der Waals surface area contributed by atoms with Crippen LogP contribution in [0.1, 0.15) is 68.3 Å². The van der Waals surface area contributed by atoms with Crippen LogP contribution in [0.25, 0.3) is 10.8 Å². The van der Waals surface area contributed by atoms with E-state index in [1.807, 2.05) is 37.4 Å². The number of piperidine rings is 1. The van der Waals surface area contributed by atoms with Crippen molar-refractivity contribution in [1.29, 1.82) is 0 Å². The summed E-state index contributed by atoms with van der Waals surface area (Å²) in [5.74, 6) is 1.60. The highest BCUT2D eigenvalue weighted by atomic mass is 16.5. The summed E-state index contributed by atoms with van der Waals surface area (Å²) in [5, 5.41) is 12.8. The molecule has 0 aromatic heterocycles. The van der Waals surface area contributed by atoms with Crippen LogP contribution >= 0.6 is 0 Å². The number of amides is 1. The van der Waals surface area contributed by atoms with Gasteiger partial charge in [0.05, 0.1) is 5.60 Å². The van der Waals surface area contributed by atoms with Gasteiger partial charge in [-0.2, -0.15) is 0 Å². The molecule has 2 aliphatic carbocycles. The molecule has 3 fully saturated rings. The maximum absolute atomic E-state index is 14.3. The van der Waals surface area contributed by atoms with Crippen molar-refractivity contribution in [2.24, 2.45) is 11.8 Å². The van der Waals surface area contributed by atoms with Crippen LogP contribution in [0.3, 0.4) is 0 Å². The number of carbonyl (C=O) groups is 1. The van der Waals surface area contributed by atoms with Crippen LogP contribution in [0, 0.1) is 11.8 Å². The van der Waals surface area contributed by atoms with Gasteiger partial charge in [-0.05, 0) is 97.5 Å². The van der Waals surface area contributed by atoms with Crippen molar-refractivity contribution in [2.75, 3.05) is 33.3 Å². The van der Waals surface area contributed by atoms with Crippen LogP contribution in [0.4, 0.5) is 0 Å². The predicted molar refractivity (Wildman–Crippen MR) is 161 cm³/mol. The van der Waals surface area contributed by atoms with E-state index < -0.39 is 0 Å². The number of nitrogens with zero attached hydrogens (tertiary/aromatic N) is 2. The average molecular weight is 541 g/mol. The number of fused-ring (bicyclic) bond motifs is 2. The first-order valence-corrected chi connectivity index (χ1v) is 15.2. The maximum Gasteiger partial charge on any atom is 0.254 e. The number of hydrogen-bond donors (Lipinski definition) is 1. The maximum atomic E-state index is 14.3. The standard InChI is InChI=1S/C35H44N2O3/c1-25(2)22-37(33(39)29-14-13-27-7-4-5-8-28(27)19-29)31-15-16-35(40-3)24-36(23-26-11-12-26)18-17-34(35,21-31)30-9-6-10-32(38)20-30/h4-10,13-14,19-20,25-26,31,38H,11-12,15-18,21-24H2,1-3H3/t31-,34+,35+/m1/s1. The van der Waals surface area contributed by atoms with Crippen LogP contribution in [0.5, 0.6) is 5.75 Å². The molecule has 5 heteroatoms. The van der Waals surface area contributed by atoms with E-state index in [4.69, 9.17) is 4.74 Å². The number of hydrogen-bond acceptors (Lipinski definition) is 4. The van der Waals surface area contributed by atoms with E-state index >= 15 is 0 Å². The molecule has 0 bridgehead atoms. The molecule has 5 nitrogen and oxygen atoms in total. The Morgan fingerprint density at radius 1 is 1.02 bits per heavy atom. The predicted octanol–water partition coefficient (Wildman–Crippen LogP) is 6.64. The highest BCUT2D eigenvalue weighted by Crippen LogP contribution is 2.55. The fourth-order valence-electron chi connectivity index (χ4n) is 7.74. The Morgan fingerprint density at radius 2 is 1.82 bits per heavy atom. The lowest BCUT2D eigenvalue weighted by Crippen LogP contribution is -2.68. The molecule has 2 saturated carbocycles. The van der Waals surface area contributed by atoms with Gasteiger partial charge < -0.3 is 19.6 Å². The van der Waals surface area contributed by atoms with Gasteiger partial charge in [-0.1, -0.05) is 56.3 Å². The highest BCUT2D eigenvalue weighted by molar-refractivity contribution is 5.98. The molecule has 1 aliphatic heterocycles. The average Bonchev–Trinajstić information content (AvgIpc) is 3.79. The minimum atomic E-state index is -0.347. The van der Waals surface area contributed by atoms with E-state index in [0.29, 0.717) is 11.7 Å². The van der Waals surface area contributed by atoms with Gasteiger partial charge >= 0.3 is 0 Å². The van der Waals surface area contributed by atoms with E-state index in [-0.39, 0.29) is 23.0 Å². The third-order valence-electron chi connectivity index (χ3n) is 9.93. The zero-order chi connectivity index (χ0) is 27.9. The molecule has 0 unspecified atom stereocenters. The number of benzene rings is 3. The number of phenolic OH excluding ortho intramolecular Hbond substituents is 1. The van der Waals surface area contributed by atoms with Crippen molar-refractivity contribution < 1.29 is 14.6 Å². The summed E-state index contributed by atoms with van der Waals surface area (Å²) in [6.07, 6.45) is 6.30. The molecule has 3 aromatic rings. The molecule has 0 radical (unpaired) electrons. The minimum absolute atomic E-state index is 0.0991. The number of aromatic hydroxyl groups is 1. The first-order chi connectivity index (χ1) is 19.3. The molecule has 6 rings (SSSR count). The van der Waals surface area contributed by atoms with E-state index in [2.05, 4.69) is 54.0 Å². The van der Waals surface area contributed by atoms with E-state index in [1.54, 1.807) is 6.07 Å². The molecular weight excluding hydrogens is 496 g/mol. The SMILES string of the molecule is CO[C@]12CC[C@@H](N(CC(C)C)C(=O)c3ccc4ccccc4c3)C[C@]1(c1cccc(O)c1)CCN(CC1CC1)C2. The van der Waals surface area contributed by atoms with Crippen LogP contribution in [-0.4, -0.2) is 65.7 Å². The third kappa shape index (κ3) is 5.03. The largest absolute Gasteiger partial charge is 0.508 e. The Bertz CT molecular complexity index is 1370. The lowest BCUT2D eigenvalue weighted by atomic mass is 9.55. The van der Waals surface area contributed by atoms with Gasteiger partial charge in [-0.3, -0.25) is 4.79 Å². The van der Waals surface area contributed by atoms with Crippen molar-refractivity contribution in [3.63, 3.8) is 0 Å². The summed E-state index contributed by atoms with van der Waals surface area (Å²) in [6, 6.07) is 22.3. The summed E-state index contributed by atoms with van der Waals surface area (Å²) in [5.41, 5.74) is 1.28. The molecule has 3 atom stereocenters. The summed E-state index contributed by atoms with van der Waals surface area (Å²) < 4.78 is 6.59. The minimum Gasteiger partial charge on any atom is -0.508 e. The number of carbonyl (C=O) groups excluding carboxylic acids is 1. The lowest BCUT2D eigenvalue weighted by Gasteiger charge is -2.61. The molecule has 1 amide bonds. The summed E-state index contributed by atoms with van der Waals surface area (Å²) >= 11 is 0. The van der Waals surface area contributed by atoms with Crippen LogP contribution < -0.4 is 0 Å². The number of ether oxygens (including phenoxy) is 1. The Kier molecular flexibility index (Phi) is 7.39. The zero-order valence-corrected chi connectivity index (χ0v) is 24.3. The van der Waals surface area contributed by atoms with Gasteiger partial charge in [0.1, 0.15) is 5.75 Å². The van der Waals surface area contributed by atoms with Crippen LogP contribution in [0.15, 0.2) is 66.7 Å². The molecule has 3 aromatic carbocycles. The van der Waals surface area contributed by atoms with Gasteiger partial charge in [-0.15, -0.1) is 0 Å². The topological polar surface area (TPSA) is 53.0 Å². The molecule has 1 saturated heterocycles. The van der Waals surface area contributed by atoms with Crippen LogP contribution in [0.2, 0.25) is 0 Å². The monoisotopic (exact) mass is 540 g/mol. The van der Waals surface area contributed by atoms with Crippen molar-refractivity contribution in [1.82, 2.24) is 9.80 Å². The van der Waals surface area contributed by atoms with Crippen molar-refractivity contribution in [3.8, 4) is 5.75 Å². The summed E-state index contributed by atoms with van der Waals surface area (Å²) in [4.78, 5) is 19.0. The number of rotatable bonds is 8. The molecule has 40 heavy (non-hydrogen) atoms. The van der Waals surface area contributed by atoms with Gasteiger partial charge in [0.2, 0.25) is 0 Å². The summed E-state index contributed by atoms with van der Waals surface area (Å²) in [7, 11) is 1.88. The molecule has 1 N–H and O–H groups in total. The smallest absolute Gasteiger partial charge is 0.254 e. The Morgan fingerprint density at radius 3 is 2.55 bits per heavy atom. The number of methoxy groups -OCH3 is 1. The Balaban J connectivity index is 1.37. The van der Waals surface area contributed by atoms with E-state index in [1.165, 1.54) is 12.8 Å². The summed E-state index contributed by atoms with van der Waals surface area (Å²) in [6.45, 7) is 8.21. The molecule has 3 aliphatic rings. The van der Waals surface area contributed by atoms with Gasteiger partial charge in [-0.25, -0.2) is 0 Å². The second kappa shape index (κ2) is 10.8. The molecule has 1 heterocycles. The second-order valence-electron chi connectivity index (χ2n) is 13.1. The normalized spacial score (nSPS) is 27.1. The zero-order valence-electron chi connectivity index (χ0n) is 24.3. The molecule has 0 spiro atoms. The molecule has 212 valence electrons. The number of likely N-dealkylation sites (tertiary alicyclic amines) is 1. The first-order valence-electron chi connectivity index (χ1n) is 15.2. The molecular formula is C35H44N2O3. The fraction of sp³-hybridized carbons (Fsp3) is 0.514. The highest BCUT2D eigenvalue weighted by Gasteiger charge is 2.60. The lowest BCUT2D eigenvalue weighted by molar-refractivity contribution is -0.155. The van der Waals surface area contributed by atoms with Gasteiger partial charge in [0.15, 0.2) is 0 Å². The van der Waals surface area contributed by atoms with Gasteiger partial charge in [0.25, 0.3) is 5.91 Å². The van der Waals surface area contributed by atoms with Crippen LogP contribution in [-0.2, 0) is 10.2 Å². The van der Waals surface area contributed by atoms with E-state index in [9.17, 15) is 9.90 Å². The first kappa shape index (κ1) is 27.3. The Labute approximate surface area is 239 Å². The number of phenols is 1. The Hall–Kier alpha value is -2.89. The fourth-order valence-corrected chi connectivity index (χ4v) is 7.74. The van der Waals surface area contributed by atoms with Crippen molar-refractivity contribution in [3.05, 3.63) is 77.9 Å². The van der Waals surface area contributed by atoms with Crippen molar-refractivity contribution >= 4 is 16.7 Å². The second-order valence-corrected chi connectivity index (χ2v) is 13.1. The van der Waals surface area contributed by atoms with Gasteiger partial charge in [0, 0.05) is 43.8 Å². The third-order valence-corrected chi connectivity index (χ3v) is 9.93. The quantitative estimate of drug-likeness (QED) is 0.348.